The summed E-state index contributed by atoms with van der Waals surface area (Å²) >= 11 is 1.84. The highest BCUT2D eigenvalue weighted by atomic mass is 32.2. The maximum atomic E-state index is 9.58. The van der Waals surface area contributed by atoms with E-state index in [0.29, 0.717) is 6.61 Å². The molecule has 1 unspecified atom stereocenters. The van der Waals surface area contributed by atoms with Crippen molar-refractivity contribution >= 4 is 11.8 Å². The Hall–Kier alpha value is -1.14. The van der Waals surface area contributed by atoms with E-state index in [1.165, 1.54) is 0 Å². The Kier molecular flexibility index (Phi) is 3.96. The van der Waals surface area contributed by atoms with Crippen LogP contribution in [-0.2, 0) is 5.41 Å². The van der Waals surface area contributed by atoms with Crippen molar-refractivity contribution in [2.75, 3.05) is 18.6 Å². The summed E-state index contributed by atoms with van der Waals surface area (Å²) in [6.07, 6.45) is 4.94. The van der Waals surface area contributed by atoms with E-state index in [1.807, 2.05) is 36.0 Å². The highest BCUT2D eigenvalue weighted by Crippen LogP contribution is 2.41. The minimum Gasteiger partial charge on any atom is -0.493 e. The number of thioether (sulfide) groups is 1. The highest BCUT2D eigenvalue weighted by molar-refractivity contribution is 7.98. The van der Waals surface area contributed by atoms with Crippen LogP contribution in [0.5, 0.6) is 5.75 Å². The van der Waals surface area contributed by atoms with E-state index in [4.69, 9.17) is 4.74 Å². The number of hydrogen-bond donors (Lipinski definition) is 0. The number of para-hydroxylation sites is 1. The summed E-state index contributed by atoms with van der Waals surface area (Å²) in [7, 11) is 0. The number of ether oxygens (including phenoxy) is 1. The van der Waals surface area contributed by atoms with Gasteiger partial charge in [0, 0.05) is 12.0 Å². The third-order valence-electron chi connectivity index (χ3n) is 3.36. The lowest BCUT2D eigenvalue weighted by Crippen LogP contribution is -2.31. The zero-order valence-corrected chi connectivity index (χ0v) is 10.9. The molecule has 1 aliphatic heterocycles. The second-order valence-electron chi connectivity index (χ2n) is 4.38. The molecule has 2 nitrogen and oxygen atoms in total. The lowest BCUT2D eigenvalue weighted by Gasteiger charge is -2.33. The summed E-state index contributed by atoms with van der Waals surface area (Å²) in [5.74, 6) is 2.01. The maximum Gasteiger partial charge on any atom is 0.124 e. The van der Waals surface area contributed by atoms with Crippen molar-refractivity contribution in [1.29, 1.82) is 5.26 Å². The molecular weight excluding hydrogens is 230 g/mol. The number of nitriles is 1. The molecule has 1 aromatic rings. The van der Waals surface area contributed by atoms with Crippen molar-refractivity contribution in [2.24, 2.45) is 0 Å². The molecule has 1 aromatic carbocycles. The molecule has 3 heteroatoms. The van der Waals surface area contributed by atoms with Crippen molar-refractivity contribution in [3.63, 3.8) is 0 Å². The number of nitrogens with zero attached hydrogens (tertiary/aromatic N) is 1. The first-order chi connectivity index (χ1) is 8.32. The van der Waals surface area contributed by atoms with Gasteiger partial charge in [-0.2, -0.15) is 17.0 Å². The Morgan fingerprint density at radius 1 is 1.47 bits per heavy atom. The molecule has 0 saturated heterocycles. The molecule has 17 heavy (non-hydrogen) atoms. The Balaban J connectivity index is 2.27. The average Bonchev–Trinajstić information content (AvgIpc) is 2.39. The van der Waals surface area contributed by atoms with Crippen molar-refractivity contribution in [3.05, 3.63) is 29.8 Å². The minimum absolute atomic E-state index is 0.329. The molecule has 0 bridgehead atoms. The molecule has 0 radical (unpaired) electrons. The Morgan fingerprint density at radius 2 is 2.29 bits per heavy atom. The maximum absolute atomic E-state index is 9.58. The zero-order chi connectivity index (χ0) is 12.1. The molecule has 0 N–H and O–H groups in total. The topological polar surface area (TPSA) is 33.0 Å². The fraction of sp³-hybridized carbons (Fsp3) is 0.500. The molecule has 0 spiro atoms. The van der Waals surface area contributed by atoms with Gasteiger partial charge in [0.2, 0.25) is 0 Å². The van der Waals surface area contributed by atoms with Crippen molar-refractivity contribution in [2.45, 2.75) is 24.7 Å². The van der Waals surface area contributed by atoms with Gasteiger partial charge in [0.15, 0.2) is 0 Å². The van der Waals surface area contributed by atoms with Gasteiger partial charge in [-0.05, 0) is 30.9 Å². The van der Waals surface area contributed by atoms with E-state index in [2.05, 4.69) is 12.3 Å². The molecule has 0 aliphatic carbocycles. The van der Waals surface area contributed by atoms with Crippen molar-refractivity contribution < 1.29 is 4.74 Å². The predicted molar refractivity (Wildman–Crippen MR) is 71.5 cm³/mol. The summed E-state index contributed by atoms with van der Waals surface area (Å²) in [5.41, 5.74) is 0.750. The monoisotopic (exact) mass is 247 g/mol. The van der Waals surface area contributed by atoms with Gasteiger partial charge in [0.05, 0.1) is 18.1 Å². The lowest BCUT2D eigenvalue weighted by atomic mass is 9.74. The molecule has 0 aromatic heterocycles. The second-order valence-corrected chi connectivity index (χ2v) is 5.37. The van der Waals surface area contributed by atoms with E-state index in [1.54, 1.807) is 0 Å². The first-order valence-corrected chi connectivity index (χ1v) is 7.34. The van der Waals surface area contributed by atoms with Crippen LogP contribution < -0.4 is 4.74 Å². The van der Waals surface area contributed by atoms with Crippen LogP contribution in [0.3, 0.4) is 0 Å². The highest BCUT2D eigenvalue weighted by Gasteiger charge is 2.37. The first kappa shape index (κ1) is 12.3. The van der Waals surface area contributed by atoms with Crippen LogP contribution in [0, 0.1) is 11.3 Å². The standard InChI is InChI=1S/C14H17NOS/c1-17-10-4-7-14(11-15)8-9-16-13-6-3-2-5-12(13)14/h2-3,5-6H,4,7-10H2,1H3. The van der Waals surface area contributed by atoms with E-state index in [-0.39, 0.29) is 5.41 Å². The van der Waals surface area contributed by atoms with Crippen molar-refractivity contribution in [3.8, 4) is 11.8 Å². The van der Waals surface area contributed by atoms with E-state index in [9.17, 15) is 5.26 Å². The molecule has 0 fully saturated rings. The van der Waals surface area contributed by atoms with E-state index in [0.717, 1.165) is 36.3 Å². The summed E-state index contributed by atoms with van der Waals surface area (Å²) in [6, 6.07) is 10.5. The van der Waals surface area contributed by atoms with Crippen LogP contribution in [-0.4, -0.2) is 18.6 Å². The van der Waals surface area contributed by atoms with Crippen LogP contribution >= 0.6 is 11.8 Å². The third kappa shape index (κ3) is 2.42. The number of fused-ring (bicyclic) bond motifs is 1. The third-order valence-corrected chi connectivity index (χ3v) is 4.05. The van der Waals surface area contributed by atoms with Gasteiger partial charge in [0.25, 0.3) is 0 Å². The van der Waals surface area contributed by atoms with Crippen LogP contribution in [0.15, 0.2) is 24.3 Å². The van der Waals surface area contributed by atoms with Gasteiger partial charge in [-0.15, -0.1) is 0 Å². The molecule has 1 atom stereocenters. The quantitative estimate of drug-likeness (QED) is 0.765. The molecule has 90 valence electrons. The van der Waals surface area contributed by atoms with Crippen LogP contribution in [0.2, 0.25) is 0 Å². The molecule has 0 amide bonds. The van der Waals surface area contributed by atoms with Crippen molar-refractivity contribution in [1.82, 2.24) is 0 Å². The number of hydrogen-bond acceptors (Lipinski definition) is 3. The van der Waals surface area contributed by atoms with Gasteiger partial charge in [0.1, 0.15) is 5.75 Å². The number of benzene rings is 1. The Morgan fingerprint density at radius 3 is 3.06 bits per heavy atom. The normalized spacial score (nSPS) is 22.4. The van der Waals surface area contributed by atoms with Crippen LogP contribution in [0.4, 0.5) is 0 Å². The summed E-state index contributed by atoms with van der Waals surface area (Å²) in [6.45, 7) is 0.657. The van der Waals surface area contributed by atoms with Crippen LogP contribution in [0.25, 0.3) is 0 Å². The van der Waals surface area contributed by atoms with Gasteiger partial charge in [-0.1, -0.05) is 18.2 Å². The fourth-order valence-electron chi connectivity index (χ4n) is 2.41. The van der Waals surface area contributed by atoms with E-state index >= 15 is 0 Å². The second kappa shape index (κ2) is 5.46. The van der Waals surface area contributed by atoms with Crippen LogP contribution in [0.1, 0.15) is 24.8 Å². The summed E-state index contributed by atoms with van der Waals surface area (Å²) < 4.78 is 5.63. The first-order valence-electron chi connectivity index (χ1n) is 5.95. The van der Waals surface area contributed by atoms with Gasteiger partial charge in [-0.3, -0.25) is 0 Å². The Labute approximate surface area is 107 Å². The van der Waals surface area contributed by atoms with Gasteiger partial charge >= 0.3 is 0 Å². The summed E-state index contributed by atoms with van der Waals surface area (Å²) in [5, 5.41) is 9.58. The minimum atomic E-state index is -0.329. The zero-order valence-electron chi connectivity index (χ0n) is 10.1. The Bertz CT molecular complexity index is 426. The molecule has 0 saturated carbocycles. The smallest absolute Gasteiger partial charge is 0.124 e. The molecular formula is C14H17NOS. The SMILES string of the molecule is CSCCCC1(C#N)CCOc2ccccc21. The van der Waals surface area contributed by atoms with E-state index < -0.39 is 0 Å². The fourth-order valence-corrected chi connectivity index (χ4v) is 2.84. The predicted octanol–water partition coefficient (Wildman–Crippen LogP) is 3.37. The number of rotatable bonds is 4. The largest absolute Gasteiger partial charge is 0.493 e. The molecule has 1 aliphatic rings. The van der Waals surface area contributed by atoms with Gasteiger partial charge in [-0.25, -0.2) is 0 Å². The molecule has 2 rings (SSSR count). The summed E-state index contributed by atoms with van der Waals surface area (Å²) in [4.78, 5) is 0. The average molecular weight is 247 g/mol. The van der Waals surface area contributed by atoms with Gasteiger partial charge < -0.3 is 4.74 Å². The molecule has 1 heterocycles. The lowest BCUT2D eigenvalue weighted by molar-refractivity contribution is 0.235.